The van der Waals surface area contributed by atoms with E-state index in [0.717, 1.165) is 0 Å². The van der Waals surface area contributed by atoms with Gasteiger partial charge in [0.1, 0.15) is 13.2 Å². The lowest BCUT2D eigenvalue weighted by atomic mass is 10.5. The van der Waals surface area contributed by atoms with E-state index in [4.69, 9.17) is 5.26 Å². The predicted octanol–water partition coefficient (Wildman–Crippen LogP) is 1.78. The van der Waals surface area contributed by atoms with Crippen LogP contribution in [0.5, 0.6) is 0 Å². The average molecular weight is 174 g/mol. The first-order valence-corrected chi connectivity index (χ1v) is 4.11. The number of nitriles is 1. The second-order valence-corrected chi connectivity index (χ2v) is 2.51. The van der Waals surface area contributed by atoms with E-state index in [1.165, 1.54) is 6.08 Å². The Labute approximate surface area is 66.4 Å². The van der Waals surface area contributed by atoms with Crippen LogP contribution in [0.2, 0.25) is 0 Å². The van der Waals surface area contributed by atoms with Gasteiger partial charge in [0, 0.05) is 4.57 Å². The van der Waals surface area contributed by atoms with Crippen molar-refractivity contribution in [2.24, 2.45) is 0 Å². The maximum absolute atomic E-state index is 10.6. The van der Waals surface area contributed by atoms with Crippen molar-refractivity contribution < 1.29 is 13.6 Å². The summed E-state index contributed by atoms with van der Waals surface area (Å²) in [5, 5.41) is 8.07. The second kappa shape index (κ2) is 7.36. The maximum Gasteiger partial charge on any atom is 0.697 e. The molecule has 0 aromatic rings. The molecule has 0 spiro atoms. The predicted molar refractivity (Wildman–Crippen MR) is 39.9 cm³/mol. The molecule has 4 nitrogen and oxygen atoms in total. The third-order valence-corrected chi connectivity index (χ3v) is 1.46. The van der Waals surface area contributed by atoms with Crippen LogP contribution in [0.3, 0.4) is 0 Å². The van der Waals surface area contributed by atoms with Crippen LogP contribution in [0.4, 0.5) is 0 Å². The molecule has 0 aromatic carbocycles. The standard InChI is InChI=1S/C6H9NO3P/c1-2-5-9-11(8)10-6-3-4-7/h2H,1,3,5-6H2/q+1. The molecule has 0 fully saturated rings. The van der Waals surface area contributed by atoms with Gasteiger partial charge >= 0.3 is 8.25 Å². The lowest BCUT2D eigenvalue weighted by molar-refractivity contribution is 0.246. The first-order chi connectivity index (χ1) is 5.31. The fourth-order valence-corrected chi connectivity index (χ4v) is 0.859. The first kappa shape index (κ1) is 10.2. The monoisotopic (exact) mass is 174 g/mol. The van der Waals surface area contributed by atoms with Crippen LogP contribution in [0.25, 0.3) is 0 Å². The van der Waals surface area contributed by atoms with E-state index in [1.54, 1.807) is 0 Å². The van der Waals surface area contributed by atoms with Crippen LogP contribution < -0.4 is 0 Å². The summed E-state index contributed by atoms with van der Waals surface area (Å²) in [6.07, 6.45) is 1.69. The van der Waals surface area contributed by atoms with Gasteiger partial charge in [-0.15, -0.1) is 15.6 Å². The molecule has 0 aliphatic carbocycles. The van der Waals surface area contributed by atoms with E-state index < -0.39 is 8.25 Å². The van der Waals surface area contributed by atoms with Crippen LogP contribution in [-0.2, 0) is 13.6 Å². The van der Waals surface area contributed by atoms with E-state index in [1.807, 2.05) is 6.07 Å². The topological polar surface area (TPSA) is 59.3 Å². The third kappa shape index (κ3) is 7.14. The minimum atomic E-state index is -2.07. The van der Waals surface area contributed by atoms with Crippen molar-refractivity contribution in [3.8, 4) is 6.07 Å². The lowest BCUT2D eigenvalue weighted by Crippen LogP contribution is -1.87. The molecule has 0 bridgehead atoms. The Morgan fingerprint density at radius 2 is 2.36 bits per heavy atom. The molecule has 0 radical (unpaired) electrons. The normalized spacial score (nSPS) is 10.3. The summed E-state index contributed by atoms with van der Waals surface area (Å²) < 4.78 is 19.8. The molecule has 60 valence electrons. The molecule has 0 amide bonds. The highest BCUT2D eigenvalue weighted by Crippen LogP contribution is 2.22. The van der Waals surface area contributed by atoms with Crippen molar-refractivity contribution >= 4 is 8.25 Å². The smallest absolute Gasteiger partial charge is 0.198 e. The van der Waals surface area contributed by atoms with Crippen molar-refractivity contribution in [3.63, 3.8) is 0 Å². The molecule has 0 heterocycles. The summed E-state index contributed by atoms with van der Waals surface area (Å²) in [5.74, 6) is 0. The van der Waals surface area contributed by atoms with Crippen molar-refractivity contribution in [2.45, 2.75) is 6.42 Å². The molecule has 5 heteroatoms. The Morgan fingerprint density at radius 1 is 1.64 bits per heavy atom. The summed E-state index contributed by atoms with van der Waals surface area (Å²) in [4.78, 5) is 0. The fraction of sp³-hybridized carbons (Fsp3) is 0.500. The van der Waals surface area contributed by atoms with Crippen LogP contribution in [-0.4, -0.2) is 13.2 Å². The fourth-order valence-electron chi connectivity index (χ4n) is 0.317. The van der Waals surface area contributed by atoms with Crippen LogP contribution in [0.15, 0.2) is 12.7 Å². The van der Waals surface area contributed by atoms with E-state index in [2.05, 4.69) is 15.6 Å². The van der Waals surface area contributed by atoms with Crippen molar-refractivity contribution in [1.82, 2.24) is 0 Å². The summed E-state index contributed by atoms with van der Waals surface area (Å²) >= 11 is 0. The Bertz CT molecular complexity index is 175. The molecule has 0 saturated heterocycles. The minimum Gasteiger partial charge on any atom is -0.198 e. The van der Waals surface area contributed by atoms with Gasteiger partial charge in [0.05, 0.1) is 12.5 Å². The average Bonchev–Trinajstić information content (AvgIpc) is 2.01. The highest BCUT2D eigenvalue weighted by Gasteiger charge is 2.17. The molecule has 0 rings (SSSR count). The molecular formula is C6H9NO3P+. The highest BCUT2D eigenvalue weighted by molar-refractivity contribution is 7.33. The summed E-state index contributed by atoms with van der Waals surface area (Å²) in [7, 11) is -2.07. The zero-order valence-electron chi connectivity index (χ0n) is 6.02. The lowest BCUT2D eigenvalue weighted by Gasteiger charge is -1.82. The number of rotatable bonds is 6. The Hall–Kier alpha value is -0.750. The molecular weight excluding hydrogens is 165 g/mol. The molecule has 1 atom stereocenters. The summed E-state index contributed by atoms with van der Waals surface area (Å²) in [6, 6.07) is 1.85. The zero-order valence-corrected chi connectivity index (χ0v) is 6.92. The van der Waals surface area contributed by atoms with E-state index in [-0.39, 0.29) is 19.6 Å². The number of hydrogen-bond acceptors (Lipinski definition) is 4. The highest BCUT2D eigenvalue weighted by atomic mass is 31.1. The number of nitrogens with zero attached hydrogens (tertiary/aromatic N) is 1. The van der Waals surface area contributed by atoms with Gasteiger partial charge in [0.15, 0.2) is 0 Å². The van der Waals surface area contributed by atoms with Gasteiger partial charge < -0.3 is 0 Å². The van der Waals surface area contributed by atoms with Gasteiger partial charge in [-0.2, -0.15) is 5.26 Å². The molecule has 0 N–H and O–H groups in total. The third-order valence-electron chi connectivity index (χ3n) is 0.708. The van der Waals surface area contributed by atoms with E-state index in [9.17, 15) is 4.57 Å². The molecule has 0 aliphatic rings. The molecule has 0 aromatic heterocycles. The first-order valence-electron chi connectivity index (χ1n) is 3.02. The van der Waals surface area contributed by atoms with Gasteiger partial charge in [-0.25, -0.2) is 0 Å². The molecule has 0 saturated carbocycles. The number of hydrogen-bond donors (Lipinski definition) is 0. The molecule has 1 unspecified atom stereocenters. The van der Waals surface area contributed by atoms with Crippen molar-refractivity contribution in [3.05, 3.63) is 12.7 Å². The Morgan fingerprint density at radius 3 is 2.91 bits per heavy atom. The maximum atomic E-state index is 10.6. The minimum absolute atomic E-state index is 0.142. The second-order valence-electron chi connectivity index (χ2n) is 1.55. The molecule has 0 aliphatic heterocycles. The SMILES string of the molecule is C=CCO[P+](=O)OCCC#N. The van der Waals surface area contributed by atoms with Crippen molar-refractivity contribution in [1.29, 1.82) is 5.26 Å². The zero-order chi connectivity index (χ0) is 8.53. The van der Waals surface area contributed by atoms with Crippen LogP contribution in [0, 0.1) is 11.3 Å². The molecule has 11 heavy (non-hydrogen) atoms. The van der Waals surface area contributed by atoms with Gasteiger partial charge in [-0.1, -0.05) is 6.08 Å². The quantitative estimate of drug-likeness (QED) is 0.350. The van der Waals surface area contributed by atoms with Gasteiger partial charge in [0.25, 0.3) is 0 Å². The van der Waals surface area contributed by atoms with E-state index in [0.29, 0.717) is 0 Å². The summed E-state index contributed by atoms with van der Waals surface area (Å²) in [5.41, 5.74) is 0. The van der Waals surface area contributed by atoms with Gasteiger partial charge in [0.2, 0.25) is 0 Å². The van der Waals surface area contributed by atoms with Gasteiger partial charge in [-0.05, 0) is 0 Å². The largest absolute Gasteiger partial charge is 0.697 e. The van der Waals surface area contributed by atoms with Gasteiger partial charge in [-0.3, -0.25) is 0 Å². The summed E-state index contributed by atoms with van der Waals surface area (Å²) in [6.45, 7) is 3.71. The Kier molecular flexibility index (Phi) is 6.86. The van der Waals surface area contributed by atoms with Crippen LogP contribution >= 0.6 is 8.25 Å². The van der Waals surface area contributed by atoms with Crippen LogP contribution in [0.1, 0.15) is 6.42 Å². The Balaban J connectivity index is 3.24. The van der Waals surface area contributed by atoms with Crippen molar-refractivity contribution in [2.75, 3.05) is 13.2 Å². The van der Waals surface area contributed by atoms with E-state index >= 15 is 0 Å².